The fourth-order valence-electron chi connectivity index (χ4n) is 6.36. The van der Waals surface area contributed by atoms with Crippen LogP contribution < -0.4 is 0 Å². The van der Waals surface area contributed by atoms with E-state index < -0.39 is 12.7 Å². The average molecular weight is 854 g/mol. The number of nitrogens with zero attached hydrogens (tertiary/aromatic N) is 4. The van der Waals surface area contributed by atoms with E-state index in [0.717, 1.165) is 61.7 Å². The molecule has 0 saturated carbocycles. The summed E-state index contributed by atoms with van der Waals surface area (Å²) in [5.74, 6) is 0.869. The van der Waals surface area contributed by atoms with E-state index in [1.807, 2.05) is 43.5 Å². The van der Waals surface area contributed by atoms with Crippen LogP contribution in [0.15, 0.2) is 102 Å². The molecule has 4 heterocycles. The summed E-state index contributed by atoms with van der Waals surface area (Å²) < 4.78 is 44.1. The topological polar surface area (TPSA) is 56.7 Å². The van der Waals surface area contributed by atoms with Crippen molar-refractivity contribution in [2.24, 2.45) is 0 Å². The van der Waals surface area contributed by atoms with Gasteiger partial charge in [0.15, 0.2) is 5.65 Å². The van der Waals surface area contributed by atoms with E-state index in [9.17, 15) is 4.39 Å². The minimum Gasteiger partial charge on any atom is -0.501 e. The number of benzene rings is 4. The Morgan fingerprint density at radius 1 is 0.784 bits per heavy atom. The number of hydrogen-bond acceptors (Lipinski definition) is 4. The summed E-state index contributed by atoms with van der Waals surface area (Å²) in [5.41, 5.74) is 10.6. The molecule has 8 aromatic rings. The third-order valence-corrected chi connectivity index (χ3v) is 8.84. The Hall–Kier alpha value is -4.97. The van der Waals surface area contributed by atoms with Crippen LogP contribution in [0.3, 0.4) is 0 Å². The van der Waals surface area contributed by atoms with Gasteiger partial charge in [-0.2, -0.15) is 0 Å². The van der Waals surface area contributed by atoms with Gasteiger partial charge in [-0.05, 0) is 65.8 Å². The largest absolute Gasteiger partial charge is 0.501 e. The van der Waals surface area contributed by atoms with Crippen molar-refractivity contribution in [3.8, 4) is 28.3 Å². The van der Waals surface area contributed by atoms with Crippen LogP contribution in [0, 0.1) is 38.6 Å². The summed E-state index contributed by atoms with van der Waals surface area (Å²) in [6, 6.07) is 32.9. The molecule has 0 unspecified atom stereocenters. The quantitative estimate of drug-likeness (QED) is 0.162. The monoisotopic (exact) mass is 854 g/mol. The summed E-state index contributed by atoms with van der Waals surface area (Å²) in [7, 11) is 0. The van der Waals surface area contributed by atoms with Crippen LogP contribution >= 0.6 is 0 Å². The Balaban J connectivity index is 0.000000222. The normalized spacial score (nSPS) is 12.5. The van der Waals surface area contributed by atoms with Crippen molar-refractivity contribution in [1.82, 2.24) is 19.5 Å². The van der Waals surface area contributed by atoms with Gasteiger partial charge in [0.25, 0.3) is 0 Å². The second-order valence-electron chi connectivity index (χ2n) is 13.2. The smallest absolute Gasteiger partial charge is 0.168 e. The van der Waals surface area contributed by atoms with Gasteiger partial charge in [0.05, 0.1) is 16.9 Å². The van der Waals surface area contributed by atoms with Gasteiger partial charge in [-0.1, -0.05) is 99.6 Å². The number of halogens is 1. The van der Waals surface area contributed by atoms with Gasteiger partial charge in [0, 0.05) is 53.5 Å². The molecular weight excluding hydrogens is 812 g/mol. The molecule has 5 nitrogen and oxygen atoms in total. The average Bonchev–Trinajstić information content (AvgIpc) is 3.70. The molecular formula is C44H39FIrN4O-2. The number of rotatable bonds is 5. The molecule has 0 atom stereocenters. The number of hydrogen-bond donors (Lipinski definition) is 0. The van der Waals surface area contributed by atoms with Crippen molar-refractivity contribution in [1.29, 1.82) is 0 Å². The van der Waals surface area contributed by atoms with E-state index in [2.05, 4.69) is 92.7 Å². The van der Waals surface area contributed by atoms with E-state index in [1.165, 1.54) is 22.9 Å². The molecule has 8 rings (SSSR count). The first-order chi connectivity index (χ1) is 25.3. The molecule has 0 fully saturated rings. The molecule has 0 N–H and O–H groups in total. The molecule has 51 heavy (non-hydrogen) atoms. The first kappa shape index (κ1) is 32.0. The fourth-order valence-corrected chi connectivity index (χ4v) is 6.36. The minimum absolute atomic E-state index is 0. The van der Waals surface area contributed by atoms with Crippen LogP contribution in [-0.2, 0) is 20.1 Å². The zero-order valence-corrected chi connectivity index (χ0v) is 31.7. The summed E-state index contributed by atoms with van der Waals surface area (Å²) >= 11 is 0. The van der Waals surface area contributed by atoms with Gasteiger partial charge < -0.3 is 14.0 Å². The molecule has 7 heteroatoms. The van der Waals surface area contributed by atoms with Gasteiger partial charge in [-0.15, -0.1) is 42.0 Å². The molecule has 4 aromatic carbocycles. The van der Waals surface area contributed by atoms with Crippen molar-refractivity contribution >= 4 is 33.1 Å². The van der Waals surface area contributed by atoms with Crippen LogP contribution in [0.2, 0.25) is 0 Å². The Kier molecular flexibility index (Phi) is 9.22. The summed E-state index contributed by atoms with van der Waals surface area (Å²) in [6.07, 6.45) is 3.51. The number of pyridine rings is 2. The Morgan fingerprint density at radius 3 is 2.22 bits per heavy atom. The van der Waals surface area contributed by atoms with E-state index in [0.29, 0.717) is 17.5 Å². The number of furan rings is 1. The fraction of sp³-hybridized carbons (Fsp3) is 0.205. The molecule has 0 aliphatic rings. The molecule has 0 saturated heterocycles. The maximum absolute atomic E-state index is 13.8. The van der Waals surface area contributed by atoms with Crippen LogP contribution in [0.1, 0.15) is 71.5 Å². The van der Waals surface area contributed by atoms with Crippen LogP contribution in [0.5, 0.6) is 0 Å². The van der Waals surface area contributed by atoms with Gasteiger partial charge in [0.1, 0.15) is 5.58 Å². The first-order valence-corrected chi connectivity index (χ1v) is 16.8. The van der Waals surface area contributed by atoms with Gasteiger partial charge in [-0.25, -0.2) is 4.98 Å². The predicted molar refractivity (Wildman–Crippen MR) is 201 cm³/mol. The van der Waals surface area contributed by atoms with E-state index in [-0.39, 0.29) is 31.2 Å². The third-order valence-electron chi connectivity index (χ3n) is 8.84. The van der Waals surface area contributed by atoms with Crippen molar-refractivity contribution < 1.29 is 33.0 Å². The predicted octanol–water partition coefficient (Wildman–Crippen LogP) is 11.6. The van der Waals surface area contributed by atoms with E-state index >= 15 is 0 Å². The van der Waals surface area contributed by atoms with Crippen LogP contribution in [0.4, 0.5) is 4.39 Å². The number of fused-ring (bicyclic) bond motifs is 4. The van der Waals surface area contributed by atoms with E-state index in [4.69, 9.17) is 18.5 Å². The second-order valence-corrected chi connectivity index (χ2v) is 13.2. The SMILES string of the molecule is Cc1cnc2nc(-c3[c-]ccc4c3oc3ccccc34)n(-c3c(C(C)C)cccc3C(C)C)c2c1.[2H]C([2H])([2H])c1c[c-]c(-c2ccc(C)cn2)c(F)c1.[Ir]. The maximum atomic E-state index is 13.8. The number of para-hydroxylation sites is 2. The van der Waals surface area contributed by atoms with Crippen molar-refractivity contribution in [2.75, 3.05) is 0 Å². The number of imidazole rings is 1. The Bertz CT molecular complexity index is 2580. The molecule has 0 spiro atoms. The molecule has 0 aliphatic carbocycles. The standard InChI is InChI=1S/C31H28N3O.C13H11FN.Ir/c1-18(2)21-11-8-12-22(19(3)4)28(21)34-26-16-20(5)17-32-30(26)33-31(34)25-14-9-13-24-23-10-6-7-15-27(23)35-29(24)25;1-9-3-5-11(12(14)7-9)13-6-4-10(2)8-15-13;/h6-13,15-19H,1-5H3;3-4,6-8H,1-2H3;/q2*-1;/i;1D3;. The van der Waals surface area contributed by atoms with Crippen molar-refractivity contribution in [2.45, 2.75) is 60.2 Å². The second kappa shape index (κ2) is 14.7. The van der Waals surface area contributed by atoms with Gasteiger partial charge >= 0.3 is 0 Å². The molecule has 4 aromatic heterocycles. The number of aryl methyl sites for hydroxylation is 3. The molecule has 1 radical (unpaired) electrons. The maximum Gasteiger partial charge on any atom is 0.168 e. The van der Waals surface area contributed by atoms with E-state index in [1.54, 1.807) is 12.3 Å². The molecule has 0 bridgehead atoms. The first-order valence-electron chi connectivity index (χ1n) is 18.3. The summed E-state index contributed by atoms with van der Waals surface area (Å²) in [4.78, 5) is 13.9. The zero-order valence-electron chi connectivity index (χ0n) is 32.3. The summed E-state index contributed by atoms with van der Waals surface area (Å²) in [5, 5.41) is 2.16. The van der Waals surface area contributed by atoms with Crippen LogP contribution in [-0.4, -0.2) is 19.5 Å². The minimum atomic E-state index is -2.32. The van der Waals surface area contributed by atoms with Crippen molar-refractivity contribution in [3.05, 3.63) is 143 Å². The van der Waals surface area contributed by atoms with Gasteiger partial charge in [0.2, 0.25) is 0 Å². The van der Waals surface area contributed by atoms with Crippen LogP contribution in [0.25, 0.3) is 61.4 Å². The van der Waals surface area contributed by atoms with Gasteiger partial charge in [-0.3, -0.25) is 9.37 Å². The van der Waals surface area contributed by atoms with Crippen molar-refractivity contribution in [3.63, 3.8) is 0 Å². The zero-order chi connectivity index (χ0) is 37.6. The number of aromatic nitrogens is 4. The Morgan fingerprint density at radius 2 is 1.53 bits per heavy atom. The summed E-state index contributed by atoms with van der Waals surface area (Å²) in [6.45, 7) is 10.6. The third kappa shape index (κ3) is 6.89. The molecule has 0 aliphatic heterocycles. The Labute approximate surface area is 316 Å². The molecule has 0 amide bonds. The molecule has 259 valence electrons.